The van der Waals surface area contributed by atoms with E-state index in [1.54, 1.807) is 25.4 Å². The molecule has 1 aromatic heterocycles. The van der Waals surface area contributed by atoms with E-state index in [1.807, 2.05) is 0 Å². The molecular weight excluding hydrogens is 386 g/mol. The van der Waals surface area contributed by atoms with Gasteiger partial charge in [0, 0.05) is 44.5 Å². The van der Waals surface area contributed by atoms with E-state index in [1.165, 1.54) is 5.56 Å². The van der Waals surface area contributed by atoms with Crippen molar-refractivity contribution in [1.29, 1.82) is 0 Å². The van der Waals surface area contributed by atoms with E-state index in [-0.39, 0.29) is 0 Å². The number of nitrogens with one attached hydrogen (secondary N) is 2. The van der Waals surface area contributed by atoms with Crippen LogP contribution in [-0.2, 0) is 6.54 Å². The Morgan fingerprint density at radius 2 is 2.10 bits per heavy atom. The molecule has 2 unspecified atom stereocenters. The second-order valence-electron chi connectivity index (χ2n) is 7.33. The van der Waals surface area contributed by atoms with E-state index in [4.69, 9.17) is 16.3 Å². The Labute approximate surface area is 178 Å². The molecule has 0 saturated carbocycles. The highest BCUT2D eigenvalue weighted by Crippen LogP contribution is 2.20. The van der Waals surface area contributed by atoms with E-state index < -0.39 is 0 Å². The first-order chi connectivity index (χ1) is 14.1. The quantitative estimate of drug-likeness (QED) is 0.412. The minimum Gasteiger partial charge on any atom is -0.476 e. The normalized spacial score (nSPS) is 20.3. The highest BCUT2D eigenvalue weighted by Gasteiger charge is 2.25. The Balaban J connectivity index is 1.38. The molecule has 29 heavy (non-hydrogen) atoms. The van der Waals surface area contributed by atoms with Gasteiger partial charge in [-0.2, -0.15) is 0 Å². The Bertz CT molecular complexity index is 769. The van der Waals surface area contributed by atoms with Crippen LogP contribution < -0.4 is 15.4 Å². The third-order valence-electron chi connectivity index (χ3n) is 5.15. The third kappa shape index (κ3) is 6.91. The fourth-order valence-corrected chi connectivity index (χ4v) is 3.68. The van der Waals surface area contributed by atoms with Crippen molar-refractivity contribution in [2.45, 2.75) is 38.4 Å². The first-order valence-electron chi connectivity index (χ1n) is 10.1. The summed E-state index contributed by atoms with van der Waals surface area (Å²) in [5.74, 6) is 1.38. The van der Waals surface area contributed by atoms with E-state index in [2.05, 4.69) is 62.8 Å². The molecule has 7 heteroatoms. The number of ether oxygens (including phenoxy) is 1. The average molecular weight is 416 g/mol. The second-order valence-corrected chi connectivity index (χ2v) is 7.77. The van der Waals surface area contributed by atoms with E-state index in [0.29, 0.717) is 36.1 Å². The lowest BCUT2D eigenvalue weighted by molar-refractivity contribution is 0.134. The Kier molecular flexibility index (Phi) is 8.14. The summed E-state index contributed by atoms with van der Waals surface area (Å²) < 4.78 is 5.61. The van der Waals surface area contributed by atoms with Gasteiger partial charge in [0.25, 0.3) is 0 Å². The minimum absolute atomic E-state index is 0.419. The molecule has 6 nitrogen and oxygen atoms in total. The third-order valence-corrected chi connectivity index (χ3v) is 5.37. The van der Waals surface area contributed by atoms with Crippen LogP contribution in [0.1, 0.15) is 25.3 Å². The van der Waals surface area contributed by atoms with Gasteiger partial charge in [-0.3, -0.25) is 9.89 Å². The fourth-order valence-electron chi connectivity index (χ4n) is 3.57. The van der Waals surface area contributed by atoms with Crippen molar-refractivity contribution in [3.63, 3.8) is 0 Å². The summed E-state index contributed by atoms with van der Waals surface area (Å²) in [5, 5.41) is 7.46. The largest absolute Gasteiger partial charge is 0.476 e. The van der Waals surface area contributed by atoms with Crippen molar-refractivity contribution in [2.75, 3.05) is 26.7 Å². The molecule has 1 aliphatic rings. The highest BCUT2D eigenvalue weighted by atomic mass is 35.5. The second kappa shape index (κ2) is 11.0. The van der Waals surface area contributed by atoms with Gasteiger partial charge in [-0.25, -0.2) is 4.98 Å². The number of halogens is 1. The van der Waals surface area contributed by atoms with Crippen LogP contribution in [-0.4, -0.2) is 54.7 Å². The molecule has 1 aliphatic heterocycles. The number of hydrogen-bond donors (Lipinski definition) is 2. The number of aromatic nitrogens is 1. The van der Waals surface area contributed by atoms with Crippen LogP contribution in [0.15, 0.2) is 53.7 Å². The Morgan fingerprint density at radius 3 is 2.79 bits per heavy atom. The highest BCUT2D eigenvalue weighted by molar-refractivity contribution is 6.30. The number of piperidine rings is 1. The summed E-state index contributed by atoms with van der Waals surface area (Å²) in [6.45, 7) is 5.54. The zero-order valence-electron chi connectivity index (χ0n) is 17.1. The number of guanidine groups is 1. The van der Waals surface area contributed by atoms with Crippen LogP contribution in [0.25, 0.3) is 0 Å². The summed E-state index contributed by atoms with van der Waals surface area (Å²) in [4.78, 5) is 11.0. The maximum Gasteiger partial charge on any atom is 0.213 e. The molecule has 0 bridgehead atoms. The molecule has 156 valence electrons. The van der Waals surface area contributed by atoms with Crippen LogP contribution >= 0.6 is 11.6 Å². The lowest BCUT2D eigenvalue weighted by atomic mass is 9.97. The topological polar surface area (TPSA) is 61.8 Å². The van der Waals surface area contributed by atoms with Gasteiger partial charge in [-0.15, -0.1) is 0 Å². The predicted molar refractivity (Wildman–Crippen MR) is 119 cm³/mol. The molecule has 0 spiro atoms. The number of pyridine rings is 1. The van der Waals surface area contributed by atoms with Crippen molar-refractivity contribution in [2.24, 2.45) is 4.99 Å². The SMILES string of the molecule is CN=C(NCCOc1ccc(Cl)cn1)NC1CCN(Cc2ccccc2)C(C)C1. The minimum atomic E-state index is 0.419. The zero-order chi connectivity index (χ0) is 20.5. The van der Waals surface area contributed by atoms with E-state index in [0.717, 1.165) is 31.9 Å². The molecule has 0 amide bonds. The smallest absolute Gasteiger partial charge is 0.213 e. The van der Waals surface area contributed by atoms with Gasteiger partial charge in [-0.1, -0.05) is 41.9 Å². The van der Waals surface area contributed by atoms with Crippen LogP contribution in [0.2, 0.25) is 5.02 Å². The Hall–Kier alpha value is -2.31. The monoisotopic (exact) mass is 415 g/mol. The standard InChI is InChI=1S/C22H30ClN5O/c1-17-14-20(10-12-28(17)16-18-6-4-3-5-7-18)27-22(24-2)25-11-13-29-21-9-8-19(23)15-26-21/h3-9,15,17,20H,10-14,16H2,1-2H3,(H2,24,25,27). The molecule has 1 fully saturated rings. The van der Waals surface area contributed by atoms with Crippen molar-refractivity contribution < 1.29 is 4.74 Å². The van der Waals surface area contributed by atoms with Gasteiger partial charge in [0.05, 0.1) is 11.6 Å². The molecular formula is C22H30ClN5O. The van der Waals surface area contributed by atoms with E-state index >= 15 is 0 Å². The maximum absolute atomic E-state index is 5.83. The van der Waals surface area contributed by atoms with Crippen molar-refractivity contribution >= 4 is 17.6 Å². The fraction of sp³-hybridized carbons (Fsp3) is 0.455. The number of rotatable bonds is 7. The Morgan fingerprint density at radius 1 is 1.28 bits per heavy atom. The average Bonchev–Trinajstić information content (AvgIpc) is 2.74. The molecule has 2 N–H and O–H groups in total. The number of hydrogen-bond acceptors (Lipinski definition) is 4. The van der Waals surface area contributed by atoms with Crippen molar-refractivity contribution in [3.8, 4) is 5.88 Å². The molecule has 0 radical (unpaired) electrons. The van der Waals surface area contributed by atoms with Crippen LogP contribution in [0, 0.1) is 0 Å². The van der Waals surface area contributed by atoms with Gasteiger partial charge in [0.15, 0.2) is 5.96 Å². The first-order valence-corrected chi connectivity index (χ1v) is 10.5. The maximum atomic E-state index is 5.83. The molecule has 1 aromatic carbocycles. The van der Waals surface area contributed by atoms with Crippen molar-refractivity contribution in [3.05, 3.63) is 59.2 Å². The molecule has 1 saturated heterocycles. The number of likely N-dealkylation sites (tertiary alicyclic amines) is 1. The van der Waals surface area contributed by atoms with Gasteiger partial charge in [0.2, 0.25) is 5.88 Å². The summed E-state index contributed by atoms with van der Waals surface area (Å²) in [6.07, 6.45) is 3.78. The van der Waals surface area contributed by atoms with Gasteiger partial charge in [-0.05, 0) is 31.4 Å². The molecule has 3 rings (SSSR count). The lowest BCUT2D eigenvalue weighted by Gasteiger charge is -2.38. The molecule has 0 aliphatic carbocycles. The predicted octanol–water partition coefficient (Wildman–Crippen LogP) is 3.33. The summed E-state index contributed by atoms with van der Waals surface area (Å²) in [6, 6.07) is 15.2. The first kappa shape index (κ1) is 21.4. The summed E-state index contributed by atoms with van der Waals surface area (Å²) in [5.41, 5.74) is 1.37. The lowest BCUT2D eigenvalue weighted by Crippen LogP contribution is -2.51. The van der Waals surface area contributed by atoms with Gasteiger partial charge < -0.3 is 15.4 Å². The van der Waals surface area contributed by atoms with Crippen LogP contribution in [0.4, 0.5) is 0 Å². The molecule has 2 heterocycles. The molecule has 2 atom stereocenters. The summed E-state index contributed by atoms with van der Waals surface area (Å²) in [7, 11) is 1.80. The summed E-state index contributed by atoms with van der Waals surface area (Å²) >= 11 is 5.83. The van der Waals surface area contributed by atoms with Gasteiger partial charge >= 0.3 is 0 Å². The van der Waals surface area contributed by atoms with Gasteiger partial charge in [0.1, 0.15) is 6.61 Å². The van der Waals surface area contributed by atoms with E-state index in [9.17, 15) is 0 Å². The van der Waals surface area contributed by atoms with Crippen molar-refractivity contribution in [1.82, 2.24) is 20.5 Å². The zero-order valence-corrected chi connectivity index (χ0v) is 17.9. The van der Waals surface area contributed by atoms with Crippen LogP contribution in [0.3, 0.4) is 0 Å². The molecule has 2 aromatic rings. The number of benzene rings is 1. The van der Waals surface area contributed by atoms with Crippen LogP contribution in [0.5, 0.6) is 5.88 Å². The number of aliphatic imine (C=N–C) groups is 1. The number of nitrogens with zero attached hydrogens (tertiary/aromatic N) is 3.